The standard InChI is InChI=1S/C13H16N6O2/c1-7(15-12(21)11-17-13(14)19-18-11)9-4-3-5-10(6-9)16-8(2)20/h3-7H,1-2H3,(H,15,21)(H,16,20)(H3,14,17,18,19). The van der Waals surface area contributed by atoms with Gasteiger partial charge in [-0.05, 0) is 24.6 Å². The van der Waals surface area contributed by atoms with Crippen LogP contribution in [-0.2, 0) is 4.79 Å². The van der Waals surface area contributed by atoms with E-state index < -0.39 is 5.91 Å². The number of nitrogens with one attached hydrogen (secondary N) is 3. The first-order chi connectivity index (χ1) is 9.95. The summed E-state index contributed by atoms with van der Waals surface area (Å²) in [6, 6.07) is 6.95. The largest absolute Gasteiger partial charge is 0.366 e. The lowest BCUT2D eigenvalue weighted by Gasteiger charge is -2.14. The Morgan fingerprint density at radius 2 is 2.14 bits per heavy atom. The number of nitrogens with two attached hydrogens (primary N) is 1. The van der Waals surface area contributed by atoms with Crippen LogP contribution in [0.4, 0.5) is 11.6 Å². The summed E-state index contributed by atoms with van der Waals surface area (Å²) < 4.78 is 0. The van der Waals surface area contributed by atoms with Crippen LogP contribution in [0.1, 0.15) is 36.1 Å². The second kappa shape index (κ2) is 6.04. The Labute approximate surface area is 121 Å². The summed E-state index contributed by atoms with van der Waals surface area (Å²) in [6.07, 6.45) is 0. The Balaban J connectivity index is 2.07. The molecule has 21 heavy (non-hydrogen) atoms. The van der Waals surface area contributed by atoms with Gasteiger partial charge >= 0.3 is 0 Å². The Bertz CT molecular complexity index is 666. The molecule has 2 aromatic rings. The highest BCUT2D eigenvalue weighted by Gasteiger charge is 2.15. The van der Waals surface area contributed by atoms with E-state index >= 15 is 0 Å². The van der Waals surface area contributed by atoms with Crippen molar-refractivity contribution in [2.75, 3.05) is 11.1 Å². The second-order valence-corrected chi connectivity index (χ2v) is 4.54. The number of hydrogen-bond acceptors (Lipinski definition) is 5. The molecule has 1 aromatic carbocycles. The fraction of sp³-hybridized carbons (Fsp3) is 0.231. The Kier molecular flexibility index (Phi) is 4.17. The van der Waals surface area contributed by atoms with E-state index in [4.69, 9.17) is 5.73 Å². The normalized spacial score (nSPS) is 11.7. The van der Waals surface area contributed by atoms with Crippen LogP contribution < -0.4 is 16.4 Å². The molecule has 0 bridgehead atoms. The fourth-order valence-electron chi connectivity index (χ4n) is 1.81. The van der Waals surface area contributed by atoms with Gasteiger partial charge in [0, 0.05) is 12.6 Å². The minimum Gasteiger partial charge on any atom is -0.366 e. The molecule has 8 nitrogen and oxygen atoms in total. The zero-order chi connectivity index (χ0) is 15.4. The predicted octanol–water partition coefficient (Wildman–Crippen LogP) is 0.836. The molecule has 0 aliphatic rings. The molecule has 0 fully saturated rings. The summed E-state index contributed by atoms with van der Waals surface area (Å²) >= 11 is 0. The van der Waals surface area contributed by atoms with Crippen LogP contribution >= 0.6 is 0 Å². The van der Waals surface area contributed by atoms with Crippen molar-refractivity contribution in [3.8, 4) is 0 Å². The van der Waals surface area contributed by atoms with Crippen molar-refractivity contribution in [3.05, 3.63) is 35.7 Å². The molecule has 1 heterocycles. The van der Waals surface area contributed by atoms with Crippen molar-refractivity contribution in [3.63, 3.8) is 0 Å². The van der Waals surface area contributed by atoms with Gasteiger partial charge in [0.25, 0.3) is 5.91 Å². The van der Waals surface area contributed by atoms with Gasteiger partial charge in [0.1, 0.15) is 0 Å². The van der Waals surface area contributed by atoms with Gasteiger partial charge in [-0.2, -0.15) is 4.98 Å². The van der Waals surface area contributed by atoms with Gasteiger partial charge in [-0.3, -0.25) is 14.7 Å². The van der Waals surface area contributed by atoms with Crippen molar-refractivity contribution >= 4 is 23.5 Å². The van der Waals surface area contributed by atoms with E-state index in [1.807, 2.05) is 13.0 Å². The van der Waals surface area contributed by atoms with Gasteiger partial charge in [0.15, 0.2) is 0 Å². The van der Waals surface area contributed by atoms with Crippen molar-refractivity contribution in [2.45, 2.75) is 19.9 Å². The van der Waals surface area contributed by atoms with Crippen LogP contribution in [0.3, 0.4) is 0 Å². The first kappa shape index (κ1) is 14.5. The quantitative estimate of drug-likeness (QED) is 0.663. The van der Waals surface area contributed by atoms with E-state index in [-0.39, 0.29) is 23.7 Å². The molecular formula is C13H16N6O2. The molecule has 0 aliphatic carbocycles. The number of hydrogen-bond donors (Lipinski definition) is 4. The van der Waals surface area contributed by atoms with Gasteiger partial charge in [-0.1, -0.05) is 12.1 Å². The van der Waals surface area contributed by atoms with E-state index in [2.05, 4.69) is 25.8 Å². The van der Waals surface area contributed by atoms with E-state index in [0.29, 0.717) is 5.69 Å². The lowest BCUT2D eigenvalue weighted by Crippen LogP contribution is -2.27. The van der Waals surface area contributed by atoms with Crippen molar-refractivity contribution in [1.29, 1.82) is 0 Å². The van der Waals surface area contributed by atoms with Crippen molar-refractivity contribution in [2.24, 2.45) is 0 Å². The third-order valence-electron chi connectivity index (χ3n) is 2.77. The van der Waals surface area contributed by atoms with Crippen LogP contribution in [0.25, 0.3) is 0 Å². The average molecular weight is 288 g/mol. The molecule has 1 unspecified atom stereocenters. The van der Waals surface area contributed by atoms with Gasteiger partial charge < -0.3 is 16.4 Å². The van der Waals surface area contributed by atoms with Crippen LogP contribution in [0.2, 0.25) is 0 Å². The topological polar surface area (TPSA) is 126 Å². The van der Waals surface area contributed by atoms with Crippen LogP contribution in [-0.4, -0.2) is 27.0 Å². The highest BCUT2D eigenvalue weighted by atomic mass is 16.2. The van der Waals surface area contributed by atoms with Crippen molar-refractivity contribution < 1.29 is 9.59 Å². The molecule has 0 radical (unpaired) electrons. The van der Waals surface area contributed by atoms with Gasteiger partial charge in [0.05, 0.1) is 6.04 Å². The van der Waals surface area contributed by atoms with Crippen LogP contribution in [0.15, 0.2) is 24.3 Å². The van der Waals surface area contributed by atoms with E-state index in [9.17, 15) is 9.59 Å². The molecule has 1 atom stereocenters. The molecule has 8 heteroatoms. The number of aromatic nitrogens is 3. The number of carbonyl (C=O) groups excluding carboxylic acids is 2. The average Bonchev–Trinajstić information content (AvgIpc) is 2.85. The molecule has 0 saturated heterocycles. The smallest absolute Gasteiger partial charge is 0.289 e. The van der Waals surface area contributed by atoms with E-state index in [0.717, 1.165) is 5.56 Å². The zero-order valence-electron chi connectivity index (χ0n) is 11.7. The molecule has 110 valence electrons. The SMILES string of the molecule is CC(=O)Nc1cccc(C(C)NC(=O)c2nc(N)n[nH]2)c1. The molecular weight excluding hydrogens is 272 g/mol. The monoisotopic (exact) mass is 288 g/mol. The number of nitrogens with zero attached hydrogens (tertiary/aromatic N) is 2. The lowest BCUT2D eigenvalue weighted by atomic mass is 10.1. The van der Waals surface area contributed by atoms with Gasteiger partial charge in [0.2, 0.25) is 17.7 Å². The highest BCUT2D eigenvalue weighted by Crippen LogP contribution is 2.17. The summed E-state index contributed by atoms with van der Waals surface area (Å²) in [6.45, 7) is 3.26. The first-order valence-corrected chi connectivity index (χ1v) is 6.32. The summed E-state index contributed by atoms with van der Waals surface area (Å²) in [4.78, 5) is 26.7. The summed E-state index contributed by atoms with van der Waals surface area (Å²) in [5, 5.41) is 11.5. The maximum Gasteiger partial charge on any atom is 0.289 e. The Hall–Kier alpha value is -2.90. The molecule has 1 aromatic heterocycles. The number of benzene rings is 1. The number of aromatic amines is 1. The minimum atomic E-state index is -0.406. The predicted molar refractivity (Wildman–Crippen MR) is 77.4 cm³/mol. The van der Waals surface area contributed by atoms with Gasteiger partial charge in [-0.25, -0.2) is 0 Å². The maximum atomic E-state index is 11.9. The summed E-state index contributed by atoms with van der Waals surface area (Å²) in [5.74, 6) is -0.490. The Morgan fingerprint density at radius 3 is 2.76 bits per heavy atom. The van der Waals surface area contributed by atoms with Crippen LogP contribution in [0, 0.1) is 0 Å². The second-order valence-electron chi connectivity index (χ2n) is 4.54. The molecule has 0 spiro atoms. The Morgan fingerprint density at radius 1 is 1.38 bits per heavy atom. The number of anilines is 2. The molecule has 2 amide bonds. The third-order valence-corrected chi connectivity index (χ3v) is 2.77. The third kappa shape index (κ3) is 3.78. The van der Waals surface area contributed by atoms with Gasteiger partial charge in [-0.15, -0.1) is 5.10 Å². The number of H-pyrrole nitrogens is 1. The molecule has 0 saturated carbocycles. The van der Waals surface area contributed by atoms with E-state index in [1.165, 1.54) is 6.92 Å². The number of carbonyl (C=O) groups is 2. The number of nitrogen functional groups attached to an aromatic ring is 1. The van der Waals surface area contributed by atoms with Crippen LogP contribution in [0.5, 0.6) is 0 Å². The van der Waals surface area contributed by atoms with E-state index in [1.54, 1.807) is 18.2 Å². The molecule has 0 aliphatic heterocycles. The molecule has 2 rings (SSSR count). The lowest BCUT2D eigenvalue weighted by molar-refractivity contribution is -0.114. The van der Waals surface area contributed by atoms with Crippen molar-refractivity contribution in [1.82, 2.24) is 20.5 Å². The number of rotatable bonds is 4. The maximum absolute atomic E-state index is 11.9. The molecule has 5 N–H and O–H groups in total. The summed E-state index contributed by atoms with van der Waals surface area (Å²) in [5.41, 5.74) is 6.87. The summed E-state index contributed by atoms with van der Waals surface area (Å²) in [7, 11) is 0. The fourth-order valence-corrected chi connectivity index (χ4v) is 1.81. The number of amides is 2. The minimum absolute atomic E-state index is 0.0143. The highest BCUT2D eigenvalue weighted by molar-refractivity contribution is 5.91. The zero-order valence-corrected chi connectivity index (χ0v) is 11.7. The first-order valence-electron chi connectivity index (χ1n) is 6.32.